The summed E-state index contributed by atoms with van der Waals surface area (Å²) in [6.07, 6.45) is 4.00. The number of halogens is 5. The molecule has 3 aromatic heterocycles. The number of fused-ring (bicyclic) bond motifs is 6. The first kappa shape index (κ1) is 35.8. The summed E-state index contributed by atoms with van der Waals surface area (Å²) in [4.78, 5) is 28.0. The van der Waals surface area contributed by atoms with Crippen LogP contribution in [0.15, 0.2) is 48.5 Å². The Morgan fingerprint density at radius 1 is 1.07 bits per heavy atom. The van der Waals surface area contributed by atoms with Crippen LogP contribution in [0.5, 0.6) is 5.88 Å². The lowest BCUT2D eigenvalue weighted by Gasteiger charge is -2.40. The Balaban J connectivity index is 1.18. The second kappa shape index (κ2) is 13.5. The first-order valence-electron chi connectivity index (χ1n) is 19.3. The lowest BCUT2D eigenvalue weighted by atomic mass is 9.79. The molecule has 14 heteroatoms. The molecule has 6 fully saturated rings. The van der Waals surface area contributed by atoms with Crippen molar-refractivity contribution >= 4 is 56.7 Å². The van der Waals surface area contributed by atoms with Crippen LogP contribution < -0.4 is 15.0 Å². The first-order chi connectivity index (χ1) is 27.1. The number of piperidine rings is 1. The van der Waals surface area contributed by atoms with E-state index in [-0.39, 0.29) is 70.3 Å². The first-order valence-corrected chi connectivity index (χ1v) is 20.1. The molecule has 9 nitrogen and oxygen atoms in total. The average molecular weight is 801 g/mol. The quantitative estimate of drug-likeness (QED) is 0.159. The van der Waals surface area contributed by atoms with Crippen molar-refractivity contribution < 1.29 is 22.7 Å². The summed E-state index contributed by atoms with van der Waals surface area (Å²) in [6, 6.07) is 16.3. The van der Waals surface area contributed by atoms with Crippen molar-refractivity contribution in [1.29, 1.82) is 5.26 Å². The van der Waals surface area contributed by atoms with Gasteiger partial charge in [0.05, 0.1) is 39.8 Å². The highest BCUT2D eigenvalue weighted by Crippen LogP contribution is 2.54. The molecule has 1 amide bonds. The lowest BCUT2D eigenvalue weighted by molar-refractivity contribution is -0.135. The van der Waals surface area contributed by atoms with E-state index in [0.717, 1.165) is 48.8 Å². The minimum atomic E-state index is -2.99. The Hall–Kier alpha value is -4.57. The molecule has 2 aromatic carbocycles. The maximum Gasteiger partial charge on any atom is 0.388 e. The summed E-state index contributed by atoms with van der Waals surface area (Å²) < 4.78 is 50.7. The molecule has 2 aliphatic carbocycles. The van der Waals surface area contributed by atoms with Crippen LogP contribution in [0.1, 0.15) is 61.1 Å². The van der Waals surface area contributed by atoms with Crippen LogP contribution in [0.4, 0.5) is 19.0 Å². The van der Waals surface area contributed by atoms with E-state index in [4.69, 9.17) is 28.2 Å². The van der Waals surface area contributed by atoms with E-state index in [0.29, 0.717) is 58.5 Å². The van der Waals surface area contributed by atoms with E-state index < -0.39 is 12.4 Å². The molecule has 4 aliphatic heterocycles. The van der Waals surface area contributed by atoms with Gasteiger partial charge in [-0.15, -0.1) is 0 Å². The molecule has 1 N–H and O–H groups in total. The standard InChI is InChI=1S/C42H38Cl2F3N7O2/c1-20-27-16-31(39-24-13-25(53(39)41(55)21-10-11-21)19-52(18-24)32-8-3-9-33(51-32)56-42(46)47)54(38-23-15-30(38)49-17-23)40(27)28-14-22(5-4-12-48)34(36(45)37(28)50-20)26-6-2-7-29(43)35(26)44/h2-3,6-9,14,16,21,23-25,30,38-39,42,49H,4-5,10-11,13,15,17-19H2,1H3/t23-,24+,25-,30-,38+,39-/m1/s1. The zero-order valence-corrected chi connectivity index (χ0v) is 32.0. The largest absolute Gasteiger partial charge is 0.417 e. The number of hydrogen-bond acceptors (Lipinski definition) is 7. The van der Waals surface area contributed by atoms with Gasteiger partial charge in [0.25, 0.3) is 0 Å². The number of nitrogens with one attached hydrogen (secondary N) is 1. The minimum absolute atomic E-state index is 0.00528. The molecular weight excluding hydrogens is 762 g/mol. The molecule has 6 aliphatic rings. The number of aryl methyl sites for hydroxylation is 2. The summed E-state index contributed by atoms with van der Waals surface area (Å²) in [7, 11) is 0. The van der Waals surface area contributed by atoms with E-state index in [1.165, 1.54) is 6.07 Å². The van der Waals surface area contributed by atoms with Crippen LogP contribution in [0, 0.1) is 41.8 Å². The van der Waals surface area contributed by atoms with Crippen molar-refractivity contribution in [2.45, 2.75) is 76.2 Å². The zero-order valence-electron chi connectivity index (χ0n) is 30.5. The smallest absolute Gasteiger partial charge is 0.388 e. The van der Waals surface area contributed by atoms with Crippen molar-refractivity contribution in [3.8, 4) is 23.1 Å². The summed E-state index contributed by atoms with van der Waals surface area (Å²) in [6.45, 7) is 0.857. The predicted molar refractivity (Wildman–Crippen MR) is 208 cm³/mol. The Labute approximate surface area is 331 Å². The van der Waals surface area contributed by atoms with E-state index in [9.17, 15) is 18.8 Å². The van der Waals surface area contributed by atoms with Crippen LogP contribution in [0.2, 0.25) is 10.0 Å². The number of alkyl halides is 2. The van der Waals surface area contributed by atoms with Gasteiger partial charge in [-0.25, -0.2) is 9.37 Å². The number of ether oxygens (including phenoxy) is 1. The summed E-state index contributed by atoms with van der Waals surface area (Å²) in [5.74, 6) is 0.346. The molecule has 6 atom stereocenters. The van der Waals surface area contributed by atoms with Crippen molar-refractivity contribution in [2.75, 3.05) is 24.5 Å². The third kappa shape index (κ3) is 5.64. The number of pyridine rings is 2. The maximum absolute atomic E-state index is 17.3. The number of carbonyl (C=O) groups is 1. The fourth-order valence-corrected chi connectivity index (χ4v) is 10.6. The number of aromatic nitrogens is 3. The number of hydrogen-bond donors (Lipinski definition) is 1. The van der Waals surface area contributed by atoms with Gasteiger partial charge >= 0.3 is 6.61 Å². The van der Waals surface area contributed by atoms with E-state index in [1.54, 1.807) is 30.3 Å². The molecule has 0 radical (unpaired) electrons. The molecule has 7 heterocycles. The van der Waals surface area contributed by atoms with E-state index >= 15 is 4.39 Å². The van der Waals surface area contributed by atoms with E-state index in [1.807, 2.05) is 13.0 Å². The molecule has 4 saturated heterocycles. The monoisotopic (exact) mass is 799 g/mol. The number of amides is 1. The normalized spacial score (nSPS) is 25.3. The molecular formula is C42H38Cl2F3N7O2. The summed E-state index contributed by atoms with van der Waals surface area (Å²) in [5, 5.41) is 15.4. The van der Waals surface area contributed by atoms with E-state index in [2.05, 4.69) is 41.5 Å². The molecule has 0 unspecified atom stereocenters. The SMILES string of the molecule is Cc1nc2c(F)c(-c3cccc(Cl)c3Cl)c(CCC#N)cc2c2c1cc([C@H]1[C@H]3C[C@H](CN(c4cccc(OC(F)F)n4)C3)N1C(=O)C1CC1)n2[C@H]1[C@H]2CN[C@@H]1C2. The third-order valence-corrected chi connectivity index (χ3v) is 13.6. The Morgan fingerprint density at radius 2 is 1.89 bits per heavy atom. The predicted octanol–water partition coefficient (Wildman–Crippen LogP) is 8.78. The fraction of sp³-hybridized carbons (Fsp3) is 0.429. The summed E-state index contributed by atoms with van der Waals surface area (Å²) >= 11 is 13.1. The van der Waals surface area contributed by atoms with Crippen LogP contribution in [-0.4, -0.2) is 63.7 Å². The highest BCUT2D eigenvalue weighted by molar-refractivity contribution is 6.43. The zero-order chi connectivity index (χ0) is 38.6. The molecule has 4 bridgehead atoms. The summed E-state index contributed by atoms with van der Waals surface area (Å²) in [5.41, 5.74) is 4.14. The Morgan fingerprint density at radius 3 is 2.62 bits per heavy atom. The second-order valence-electron chi connectivity index (χ2n) is 16.0. The second-order valence-corrected chi connectivity index (χ2v) is 16.8. The lowest BCUT2D eigenvalue weighted by Crippen LogP contribution is -2.45. The van der Waals surface area contributed by atoms with Crippen molar-refractivity contribution in [3.63, 3.8) is 0 Å². The number of nitriles is 1. The molecule has 11 rings (SSSR count). The van der Waals surface area contributed by atoms with Gasteiger partial charge in [0, 0.05) is 83.3 Å². The molecule has 5 aromatic rings. The van der Waals surface area contributed by atoms with Crippen LogP contribution >= 0.6 is 23.2 Å². The van der Waals surface area contributed by atoms with Crippen molar-refractivity contribution in [2.24, 2.45) is 17.8 Å². The van der Waals surface area contributed by atoms with Crippen molar-refractivity contribution in [1.82, 2.24) is 24.8 Å². The van der Waals surface area contributed by atoms with Gasteiger partial charge in [0.1, 0.15) is 11.3 Å². The number of carbonyl (C=O) groups excluding carboxylic acids is 1. The minimum Gasteiger partial charge on any atom is -0.417 e. The van der Waals surface area contributed by atoms with Gasteiger partial charge in [-0.1, -0.05) is 41.4 Å². The molecule has 2 saturated carbocycles. The molecule has 56 heavy (non-hydrogen) atoms. The van der Waals surface area contributed by atoms with Crippen molar-refractivity contribution in [3.05, 3.63) is 81.3 Å². The number of benzene rings is 2. The van der Waals surface area contributed by atoms with Gasteiger partial charge in [0.15, 0.2) is 5.82 Å². The topological polar surface area (TPSA) is 99.3 Å². The van der Waals surface area contributed by atoms with Gasteiger partial charge in [-0.2, -0.15) is 19.0 Å². The van der Waals surface area contributed by atoms with Gasteiger partial charge in [-0.05, 0) is 74.8 Å². The number of nitrogens with zero attached hydrogens (tertiary/aromatic N) is 6. The Bertz CT molecular complexity index is 2470. The molecule has 288 valence electrons. The van der Waals surface area contributed by atoms with Gasteiger partial charge in [-0.3, -0.25) is 4.79 Å². The molecule has 0 spiro atoms. The van der Waals surface area contributed by atoms with Crippen LogP contribution in [0.25, 0.3) is 32.9 Å². The Kier molecular flexibility index (Phi) is 8.65. The fourth-order valence-electron chi connectivity index (χ4n) is 10.2. The third-order valence-electron chi connectivity index (χ3n) is 12.8. The van der Waals surface area contributed by atoms with Crippen LogP contribution in [-0.2, 0) is 11.2 Å². The number of rotatable bonds is 9. The average Bonchev–Trinajstić information content (AvgIpc) is 3.46. The maximum atomic E-state index is 17.3. The highest BCUT2D eigenvalue weighted by atomic mass is 35.5. The van der Waals surface area contributed by atoms with Crippen LogP contribution in [0.3, 0.4) is 0 Å². The highest BCUT2D eigenvalue weighted by Gasteiger charge is 2.55. The van der Waals surface area contributed by atoms with Gasteiger partial charge in [0.2, 0.25) is 11.8 Å². The van der Waals surface area contributed by atoms with Gasteiger partial charge < -0.3 is 24.4 Å². The number of anilines is 1. The number of likely N-dealkylation sites (tertiary alicyclic amines) is 1.